The molecule has 2 nitrogen and oxygen atoms in total. The van der Waals surface area contributed by atoms with Crippen LogP contribution in [0.2, 0.25) is 10.0 Å². The molecule has 0 saturated heterocycles. The second kappa shape index (κ2) is 5.33. The first-order valence-corrected chi connectivity index (χ1v) is 5.39. The van der Waals surface area contributed by atoms with Gasteiger partial charge in [0.05, 0.1) is 16.7 Å². The highest BCUT2D eigenvalue weighted by atomic mass is 35.5. The molecular weight excluding hydrogens is 280 g/mol. The van der Waals surface area contributed by atoms with Crippen molar-refractivity contribution in [3.63, 3.8) is 0 Å². The molecule has 1 N–H and O–H groups in total. The Bertz CT molecular complexity index is 384. The van der Waals surface area contributed by atoms with Crippen molar-refractivity contribution in [2.24, 2.45) is 0 Å². The fraction of sp³-hybridized carbons (Fsp3) is 0.400. The van der Waals surface area contributed by atoms with Gasteiger partial charge in [0.15, 0.2) is 11.9 Å². The van der Waals surface area contributed by atoms with E-state index in [2.05, 4.69) is 0 Å². The van der Waals surface area contributed by atoms with Gasteiger partial charge >= 0.3 is 6.18 Å². The zero-order chi connectivity index (χ0) is 13.2. The summed E-state index contributed by atoms with van der Waals surface area (Å²) in [5, 5.41) is 8.90. The molecule has 96 valence electrons. The van der Waals surface area contributed by atoms with Gasteiger partial charge in [-0.05, 0) is 24.6 Å². The van der Waals surface area contributed by atoms with E-state index in [1.54, 1.807) is 6.92 Å². The summed E-state index contributed by atoms with van der Waals surface area (Å²) < 4.78 is 41.9. The third-order valence-corrected chi connectivity index (χ3v) is 2.50. The van der Waals surface area contributed by atoms with Crippen molar-refractivity contribution < 1.29 is 23.0 Å². The SMILES string of the molecule is CCOc1c(Cl)cc(C(O)C(F)(F)F)cc1Cl. The van der Waals surface area contributed by atoms with Crippen molar-refractivity contribution >= 4 is 23.2 Å². The first-order valence-electron chi connectivity index (χ1n) is 4.64. The molecule has 0 saturated carbocycles. The van der Waals surface area contributed by atoms with Gasteiger partial charge in [0.2, 0.25) is 0 Å². The molecule has 0 bridgehead atoms. The smallest absolute Gasteiger partial charge is 0.418 e. The Labute approximate surface area is 106 Å². The summed E-state index contributed by atoms with van der Waals surface area (Å²) in [6, 6.07) is 1.97. The average molecular weight is 289 g/mol. The summed E-state index contributed by atoms with van der Waals surface area (Å²) in [6.07, 6.45) is -7.38. The Morgan fingerprint density at radius 3 is 2.12 bits per heavy atom. The fourth-order valence-electron chi connectivity index (χ4n) is 1.21. The molecule has 1 atom stereocenters. The molecule has 17 heavy (non-hydrogen) atoms. The summed E-state index contributed by atoms with van der Waals surface area (Å²) in [7, 11) is 0. The third kappa shape index (κ3) is 3.40. The Morgan fingerprint density at radius 1 is 1.29 bits per heavy atom. The largest absolute Gasteiger partial charge is 0.491 e. The van der Waals surface area contributed by atoms with Crippen molar-refractivity contribution in [3.05, 3.63) is 27.7 Å². The molecule has 7 heteroatoms. The third-order valence-electron chi connectivity index (χ3n) is 1.94. The van der Waals surface area contributed by atoms with Gasteiger partial charge in [-0.25, -0.2) is 0 Å². The van der Waals surface area contributed by atoms with Crippen LogP contribution in [-0.4, -0.2) is 17.9 Å². The molecule has 0 aromatic heterocycles. The number of halogens is 5. The molecule has 1 aromatic rings. The Morgan fingerprint density at radius 2 is 1.76 bits per heavy atom. The van der Waals surface area contributed by atoms with E-state index < -0.39 is 17.8 Å². The normalized spacial score (nSPS) is 13.6. The van der Waals surface area contributed by atoms with Gasteiger partial charge in [0.25, 0.3) is 0 Å². The van der Waals surface area contributed by atoms with E-state index in [9.17, 15) is 13.2 Å². The maximum absolute atomic E-state index is 12.3. The summed E-state index contributed by atoms with van der Waals surface area (Å²) in [5.41, 5.74) is -0.420. The lowest BCUT2D eigenvalue weighted by molar-refractivity contribution is -0.206. The molecule has 0 aliphatic carbocycles. The Hall–Kier alpha value is -0.650. The second-order valence-corrected chi connectivity index (χ2v) is 4.01. The first-order chi connectivity index (χ1) is 7.77. The lowest BCUT2D eigenvalue weighted by Gasteiger charge is -2.17. The van der Waals surface area contributed by atoms with Crippen LogP contribution in [0.15, 0.2) is 12.1 Å². The van der Waals surface area contributed by atoms with Gasteiger partial charge in [0.1, 0.15) is 0 Å². The maximum atomic E-state index is 12.3. The number of hydrogen-bond donors (Lipinski definition) is 1. The summed E-state index contributed by atoms with van der Waals surface area (Å²) in [4.78, 5) is 0. The molecular formula is C10H9Cl2F3O2. The number of rotatable bonds is 3. The minimum absolute atomic E-state index is 0.0716. The van der Waals surface area contributed by atoms with Crippen LogP contribution in [0.3, 0.4) is 0 Å². The molecule has 1 aromatic carbocycles. The number of benzene rings is 1. The van der Waals surface area contributed by atoms with Crippen LogP contribution in [0.1, 0.15) is 18.6 Å². The van der Waals surface area contributed by atoms with E-state index >= 15 is 0 Å². The minimum Gasteiger partial charge on any atom is -0.491 e. The topological polar surface area (TPSA) is 29.5 Å². The highest BCUT2D eigenvalue weighted by molar-refractivity contribution is 6.37. The van der Waals surface area contributed by atoms with Crippen LogP contribution in [0, 0.1) is 0 Å². The zero-order valence-electron chi connectivity index (χ0n) is 8.68. The van der Waals surface area contributed by atoms with E-state index in [1.165, 1.54) is 0 Å². The van der Waals surface area contributed by atoms with Crippen LogP contribution in [0.4, 0.5) is 13.2 Å². The average Bonchev–Trinajstić information content (AvgIpc) is 2.20. The molecule has 0 aliphatic heterocycles. The van der Waals surface area contributed by atoms with E-state index in [4.69, 9.17) is 33.0 Å². The lowest BCUT2D eigenvalue weighted by Crippen LogP contribution is -2.20. The van der Waals surface area contributed by atoms with Crippen LogP contribution in [0.25, 0.3) is 0 Å². The highest BCUT2D eigenvalue weighted by Gasteiger charge is 2.39. The summed E-state index contributed by atoms with van der Waals surface area (Å²) in [6.45, 7) is 1.96. The van der Waals surface area contributed by atoms with Crippen LogP contribution < -0.4 is 4.74 Å². The van der Waals surface area contributed by atoms with Gasteiger partial charge in [-0.15, -0.1) is 0 Å². The van der Waals surface area contributed by atoms with Crippen molar-refractivity contribution in [1.29, 1.82) is 0 Å². The Balaban J connectivity index is 3.14. The zero-order valence-corrected chi connectivity index (χ0v) is 10.2. The van der Waals surface area contributed by atoms with Crippen LogP contribution in [0.5, 0.6) is 5.75 Å². The molecule has 1 rings (SSSR count). The molecule has 0 heterocycles. The van der Waals surface area contributed by atoms with Crippen LogP contribution in [-0.2, 0) is 0 Å². The van der Waals surface area contributed by atoms with E-state index in [0.29, 0.717) is 0 Å². The predicted molar refractivity (Wildman–Crippen MR) is 58.6 cm³/mol. The summed E-state index contributed by atoms with van der Waals surface area (Å²) >= 11 is 11.4. The first kappa shape index (κ1) is 14.4. The molecule has 0 radical (unpaired) electrons. The molecule has 0 aliphatic rings. The number of hydrogen-bond acceptors (Lipinski definition) is 2. The monoisotopic (exact) mass is 288 g/mol. The number of alkyl halides is 3. The highest BCUT2D eigenvalue weighted by Crippen LogP contribution is 2.39. The van der Waals surface area contributed by atoms with Gasteiger partial charge < -0.3 is 9.84 Å². The number of aliphatic hydroxyl groups is 1. The van der Waals surface area contributed by atoms with Gasteiger partial charge in [-0.3, -0.25) is 0 Å². The van der Waals surface area contributed by atoms with Gasteiger partial charge in [0, 0.05) is 0 Å². The van der Waals surface area contributed by atoms with Crippen molar-refractivity contribution in [3.8, 4) is 5.75 Å². The van der Waals surface area contributed by atoms with E-state index in [0.717, 1.165) is 12.1 Å². The summed E-state index contributed by atoms with van der Waals surface area (Å²) in [5.74, 6) is 0.106. The fourth-order valence-corrected chi connectivity index (χ4v) is 1.82. The minimum atomic E-state index is -4.76. The molecule has 0 fully saturated rings. The second-order valence-electron chi connectivity index (χ2n) is 3.19. The van der Waals surface area contributed by atoms with E-state index in [1.807, 2.05) is 0 Å². The number of aliphatic hydroxyl groups excluding tert-OH is 1. The van der Waals surface area contributed by atoms with Gasteiger partial charge in [-0.2, -0.15) is 13.2 Å². The Kier molecular flexibility index (Phi) is 4.52. The standard InChI is InChI=1S/C10H9Cl2F3O2/c1-2-17-8-6(11)3-5(4-7(8)12)9(16)10(13,14)15/h3-4,9,16H,2H2,1H3. The van der Waals surface area contributed by atoms with E-state index in [-0.39, 0.29) is 22.4 Å². The number of ether oxygens (including phenoxy) is 1. The van der Waals surface area contributed by atoms with Crippen molar-refractivity contribution in [2.45, 2.75) is 19.2 Å². The van der Waals surface area contributed by atoms with Gasteiger partial charge in [-0.1, -0.05) is 23.2 Å². The molecule has 0 amide bonds. The molecule has 1 unspecified atom stereocenters. The van der Waals surface area contributed by atoms with Crippen molar-refractivity contribution in [2.75, 3.05) is 6.61 Å². The predicted octanol–water partition coefficient (Wildman–Crippen LogP) is 3.99. The quantitative estimate of drug-likeness (QED) is 0.911. The van der Waals surface area contributed by atoms with Crippen LogP contribution >= 0.6 is 23.2 Å². The molecule has 0 spiro atoms. The maximum Gasteiger partial charge on any atom is 0.418 e. The van der Waals surface area contributed by atoms with Crippen molar-refractivity contribution in [1.82, 2.24) is 0 Å². The lowest BCUT2D eigenvalue weighted by atomic mass is 10.1.